The summed E-state index contributed by atoms with van der Waals surface area (Å²) in [6.07, 6.45) is 0. The first-order chi connectivity index (χ1) is 10.1. The fraction of sp³-hybridized carbons (Fsp3) is 0.625. The van der Waals surface area contributed by atoms with Crippen LogP contribution in [0.25, 0.3) is 0 Å². The molecule has 1 aromatic carbocycles. The molecule has 0 amide bonds. The molecule has 3 nitrogen and oxygen atoms in total. The number of likely N-dealkylation sites (tertiary alicyclic amines) is 1. The van der Waals surface area contributed by atoms with Crippen LogP contribution in [0, 0.1) is 11.8 Å². The second kappa shape index (κ2) is 5.89. The smallest absolute Gasteiger partial charge is 0.387 e. The summed E-state index contributed by atoms with van der Waals surface area (Å²) in [5, 5.41) is 3.44. The molecule has 2 fully saturated rings. The van der Waals surface area contributed by atoms with Gasteiger partial charge in [-0.05, 0) is 44.8 Å². The van der Waals surface area contributed by atoms with Gasteiger partial charge in [0.25, 0.3) is 0 Å². The Bertz CT molecular complexity index is 497. The van der Waals surface area contributed by atoms with Crippen molar-refractivity contribution in [3.63, 3.8) is 0 Å². The average molecular weight is 296 g/mol. The van der Waals surface area contributed by atoms with E-state index in [1.165, 1.54) is 0 Å². The highest BCUT2D eigenvalue weighted by atomic mass is 19.3. The Balaban J connectivity index is 1.81. The molecule has 0 spiro atoms. The van der Waals surface area contributed by atoms with Gasteiger partial charge in [0.2, 0.25) is 0 Å². The molecule has 2 heterocycles. The number of ether oxygens (including phenoxy) is 1. The highest BCUT2D eigenvalue weighted by molar-refractivity contribution is 5.36. The van der Waals surface area contributed by atoms with Crippen molar-refractivity contribution < 1.29 is 13.5 Å². The van der Waals surface area contributed by atoms with Crippen LogP contribution in [0.5, 0.6) is 5.75 Å². The number of rotatable bonds is 4. The number of alkyl halides is 2. The van der Waals surface area contributed by atoms with E-state index in [1.54, 1.807) is 12.1 Å². The molecular formula is C16H22F2N2O. The molecule has 5 heteroatoms. The average Bonchev–Trinajstić information content (AvgIpc) is 3.02. The van der Waals surface area contributed by atoms with E-state index in [9.17, 15) is 8.78 Å². The van der Waals surface area contributed by atoms with Gasteiger partial charge in [-0.15, -0.1) is 0 Å². The van der Waals surface area contributed by atoms with Gasteiger partial charge in [0.1, 0.15) is 5.75 Å². The molecule has 0 aromatic heterocycles. The third-order valence-corrected chi connectivity index (χ3v) is 5.06. The van der Waals surface area contributed by atoms with Gasteiger partial charge in [-0.2, -0.15) is 8.78 Å². The number of hydrogen-bond acceptors (Lipinski definition) is 3. The summed E-state index contributed by atoms with van der Waals surface area (Å²) in [7, 11) is 0. The van der Waals surface area contributed by atoms with Crippen LogP contribution in [0.2, 0.25) is 0 Å². The van der Waals surface area contributed by atoms with Crippen LogP contribution in [0.4, 0.5) is 8.78 Å². The second-order valence-corrected chi connectivity index (χ2v) is 6.11. The highest BCUT2D eigenvalue weighted by Gasteiger charge is 2.43. The van der Waals surface area contributed by atoms with Gasteiger partial charge in [0, 0.05) is 24.2 Å². The number of fused-ring (bicyclic) bond motifs is 1. The minimum atomic E-state index is -2.78. The first kappa shape index (κ1) is 14.7. The van der Waals surface area contributed by atoms with Gasteiger partial charge in [0.05, 0.1) is 0 Å². The summed E-state index contributed by atoms with van der Waals surface area (Å²) in [5.74, 6) is 1.63. The lowest BCUT2D eigenvalue weighted by atomic mass is 9.95. The Morgan fingerprint density at radius 1 is 1.29 bits per heavy atom. The molecule has 2 aliphatic rings. The van der Waals surface area contributed by atoms with Crippen molar-refractivity contribution in [2.24, 2.45) is 11.8 Å². The number of hydrogen-bond donors (Lipinski definition) is 1. The number of para-hydroxylation sites is 1. The van der Waals surface area contributed by atoms with Gasteiger partial charge in [0.15, 0.2) is 0 Å². The molecule has 1 aromatic rings. The lowest BCUT2D eigenvalue weighted by molar-refractivity contribution is -0.0511. The summed E-state index contributed by atoms with van der Waals surface area (Å²) in [5.41, 5.74) is 0.845. The second-order valence-electron chi connectivity index (χ2n) is 6.11. The van der Waals surface area contributed by atoms with Crippen LogP contribution in [-0.2, 0) is 0 Å². The summed E-state index contributed by atoms with van der Waals surface area (Å²) in [6.45, 7) is 4.68. The van der Waals surface area contributed by atoms with Crippen molar-refractivity contribution in [1.29, 1.82) is 0 Å². The molecule has 2 saturated heterocycles. The fourth-order valence-corrected chi connectivity index (χ4v) is 3.92. The third-order valence-electron chi connectivity index (χ3n) is 5.06. The molecule has 3 rings (SSSR count). The summed E-state index contributed by atoms with van der Waals surface area (Å²) in [6, 6.07) is 7.68. The van der Waals surface area contributed by atoms with Gasteiger partial charge in [-0.25, -0.2) is 0 Å². The van der Waals surface area contributed by atoms with Crippen molar-refractivity contribution in [2.45, 2.75) is 32.5 Å². The highest BCUT2D eigenvalue weighted by Crippen LogP contribution is 2.40. The normalized spacial score (nSPS) is 30.6. The molecule has 0 bridgehead atoms. The molecule has 116 valence electrons. The molecule has 0 aliphatic carbocycles. The Morgan fingerprint density at radius 3 is 2.76 bits per heavy atom. The number of benzene rings is 1. The largest absolute Gasteiger partial charge is 0.434 e. The van der Waals surface area contributed by atoms with Crippen LogP contribution < -0.4 is 10.1 Å². The lowest BCUT2D eigenvalue weighted by Gasteiger charge is -2.31. The maximum absolute atomic E-state index is 12.6. The first-order valence-electron chi connectivity index (χ1n) is 7.58. The third kappa shape index (κ3) is 2.77. The Morgan fingerprint density at radius 2 is 2.05 bits per heavy atom. The Kier molecular flexibility index (Phi) is 4.13. The van der Waals surface area contributed by atoms with E-state index in [1.807, 2.05) is 12.1 Å². The fourth-order valence-electron chi connectivity index (χ4n) is 3.92. The summed E-state index contributed by atoms with van der Waals surface area (Å²) in [4.78, 5) is 2.42. The van der Waals surface area contributed by atoms with E-state index in [4.69, 9.17) is 0 Å². The van der Waals surface area contributed by atoms with E-state index >= 15 is 0 Å². The molecule has 4 unspecified atom stereocenters. The van der Waals surface area contributed by atoms with Crippen LogP contribution >= 0.6 is 0 Å². The van der Waals surface area contributed by atoms with Crippen molar-refractivity contribution in [3.05, 3.63) is 29.8 Å². The molecule has 1 N–H and O–H groups in total. The predicted molar refractivity (Wildman–Crippen MR) is 77.5 cm³/mol. The maximum Gasteiger partial charge on any atom is 0.387 e. The van der Waals surface area contributed by atoms with Crippen molar-refractivity contribution in [2.75, 3.05) is 19.6 Å². The minimum absolute atomic E-state index is 0.0838. The monoisotopic (exact) mass is 296 g/mol. The maximum atomic E-state index is 12.6. The van der Waals surface area contributed by atoms with Crippen LogP contribution in [0.15, 0.2) is 24.3 Å². The molecule has 0 radical (unpaired) electrons. The lowest BCUT2D eigenvalue weighted by Crippen LogP contribution is -2.35. The zero-order valence-corrected chi connectivity index (χ0v) is 12.4. The van der Waals surface area contributed by atoms with Crippen molar-refractivity contribution in [3.8, 4) is 5.75 Å². The van der Waals surface area contributed by atoms with Crippen LogP contribution in [-0.4, -0.2) is 37.2 Å². The van der Waals surface area contributed by atoms with Crippen LogP contribution in [0.3, 0.4) is 0 Å². The SMILES string of the molecule is CC(c1ccccc1OC(F)F)N1CC2CNCC2C1C. The standard InChI is InChI=1S/C16H22F2N2O/c1-10(13-5-3-4-6-15(13)21-16(17)18)20-9-12-7-19-8-14(12)11(20)2/h3-6,10-12,14,16,19H,7-9H2,1-2H3. The number of nitrogens with zero attached hydrogens (tertiary/aromatic N) is 1. The molecule has 21 heavy (non-hydrogen) atoms. The van der Waals surface area contributed by atoms with E-state index < -0.39 is 6.61 Å². The van der Waals surface area contributed by atoms with Crippen LogP contribution in [0.1, 0.15) is 25.5 Å². The number of halogens is 2. The minimum Gasteiger partial charge on any atom is -0.434 e. The first-order valence-corrected chi connectivity index (χ1v) is 7.58. The van der Waals surface area contributed by atoms with Crippen molar-refractivity contribution in [1.82, 2.24) is 10.2 Å². The molecule has 4 atom stereocenters. The van der Waals surface area contributed by atoms with E-state index in [-0.39, 0.29) is 6.04 Å². The van der Waals surface area contributed by atoms with Gasteiger partial charge in [-0.3, -0.25) is 4.90 Å². The Labute approximate surface area is 124 Å². The summed E-state index contributed by atoms with van der Waals surface area (Å²) < 4.78 is 29.8. The molecule has 0 saturated carbocycles. The van der Waals surface area contributed by atoms with Gasteiger partial charge >= 0.3 is 6.61 Å². The molecular weight excluding hydrogens is 274 g/mol. The predicted octanol–water partition coefficient (Wildman–Crippen LogP) is 2.89. The number of nitrogens with one attached hydrogen (secondary N) is 1. The van der Waals surface area contributed by atoms with E-state index in [0.717, 1.165) is 25.2 Å². The zero-order valence-electron chi connectivity index (χ0n) is 12.4. The van der Waals surface area contributed by atoms with Gasteiger partial charge < -0.3 is 10.1 Å². The quantitative estimate of drug-likeness (QED) is 0.924. The summed E-state index contributed by atoms with van der Waals surface area (Å²) >= 11 is 0. The van der Waals surface area contributed by atoms with Crippen molar-refractivity contribution >= 4 is 0 Å². The van der Waals surface area contributed by atoms with Gasteiger partial charge in [-0.1, -0.05) is 18.2 Å². The Hall–Kier alpha value is -1.20. The zero-order chi connectivity index (χ0) is 15.0. The topological polar surface area (TPSA) is 24.5 Å². The van der Waals surface area contributed by atoms with E-state index in [0.29, 0.717) is 23.6 Å². The van der Waals surface area contributed by atoms with E-state index in [2.05, 4.69) is 28.8 Å². The molecule has 2 aliphatic heterocycles.